The molecule has 4 rings (SSSR count). The van der Waals surface area contributed by atoms with E-state index in [9.17, 15) is 31.9 Å². The van der Waals surface area contributed by atoms with Gasteiger partial charge in [-0.3, -0.25) is 14.4 Å². The van der Waals surface area contributed by atoms with E-state index >= 15 is 0 Å². The van der Waals surface area contributed by atoms with E-state index in [1.807, 2.05) is 0 Å². The van der Waals surface area contributed by atoms with Crippen LogP contribution in [0.5, 0.6) is 0 Å². The predicted molar refractivity (Wildman–Crippen MR) is 107 cm³/mol. The molecule has 0 spiro atoms. The summed E-state index contributed by atoms with van der Waals surface area (Å²) in [5, 5.41) is 1.70. The standard InChI is InChI=1S/C23H20F4N2O4/c1-21(2)10-16-18(17(30)11-21)22(23(25,26)27,20(32)29(16)12-13-6-5-9-33-13)28-19(31)14-7-3-4-8-15(14)24/h3-9H,10-12H2,1-2H3,(H,28,31). The number of hydrogen-bond acceptors (Lipinski definition) is 4. The number of ketones is 1. The number of amides is 2. The molecule has 0 bridgehead atoms. The molecule has 1 aromatic heterocycles. The Kier molecular flexibility index (Phi) is 5.22. The van der Waals surface area contributed by atoms with Crippen LogP contribution < -0.4 is 5.32 Å². The first-order chi connectivity index (χ1) is 15.4. The molecule has 0 saturated carbocycles. The summed E-state index contributed by atoms with van der Waals surface area (Å²) in [5.74, 6) is -4.75. The number of carbonyl (C=O) groups excluding carboxylic acids is 3. The first-order valence-corrected chi connectivity index (χ1v) is 10.1. The number of nitrogens with one attached hydrogen (secondary N) is 1. The zero-order valence-corrected chi connectivity index (χ0v) is 17.8. The van der Waals surface area contributed by atoms with Gasteiger partial charge in [0, 0.05) is 12.1 Å². The number of rotatable bonds is 4. The Morgan fingerprint density at radius 3 is 2.42 bits per heavy atom. The van der Waals surface area contributed by atoms with E-state index in [-0.39, 0.29) is 30.8 Å². The Balaban J connectivity index is 1.89. The van der Waals surface area contributed by atoms with E-state index in [1.54, 1.807) is 19.2 Å². The maximum Gasteiger partial charge on any atom is 0.425 e. The number of benzene rings is 1. The van der Waals surface area contributed by atoms with E-state index in [4.69, 9.17) is 4.42 Å². The highest BCUT2D eigenvalue weighted by molar-refractivity contribution is 6.14. The van der Waals surface area contributed by atoms with Crippen molar-refractivity contribution in [1.82, 2.24) is 10.2 Å². The van der Waals surface area contributed by atoms with Crippen molar-refractivity contribution in [2.45, 2.75) is 44.9 Å². The summed E-state index contributed by atoms with van der Waals surface area (Å²) in [7, 11) is 0. The minimum Gasteiger partial charge on any atom is -0.467 e. The smallest absolute Gasteiger partial charge is 0.425 e. The van der Waals surface area contributed by atoms with Crippen LogP contribution in [-0.4, -0.2) is 34.2 Å². The van der Waals surface area contributed by atoms with Crippen molar-refractivity contribution in [2.75, 3.05) is 0 Å². The molecule has 1 atom stereocenters. The monoisotopic (exact) mass is 464 g/mol. The average molecular weight is 464 g/mol. The lowest BCUT2D eigenvalue weighted by atomic mass is 9.72. The summed E-state index contributed by atoms with van der Waals surface area (Å²) in [6.07, 6.45) is -4.33. The molecule has 2 heterocycles. The quantitative estimate of drug-likeness (QED) is 0.690. The number of nitrogens with zero attached hydrogens (tertiary/aromatic N) is 1. The summed E-state index contributed by atoms with van der Waals surface area (Å²) in [6.45, 7) is 3.05. The summed E-state index contributed by atoms with van der Waals surface area (Å²) in [6, 6.07) is 7.44. The highest BCUT2D eigenvalue weighted by Gasteiger charge is 2.71. The van der Waals surface area contributed by atoms with Crippen molar-refractivity contribution in [1.29, 1.82) is 0 Å². The topological polar surface area (TPSA) is 79.6 Å². The largest absolute Gasteiger partial charge is 0.467 e. The Bertz CT molecular complexity index is 1170. The van der Waals surface area contributed by atoms with Crippen molar-refractivity contribution >= 4 is 17.6 Å². The maximum absolute atomic E-state index is 14.7. The second-order valence-electron chi connectivity index (χ2n) is 8.92. The van der Waals surface area contributed by atoms with Gasteiger partial charge in [-0.05, 0) is 36.1 Å². The van der Waals surface area contributed by atoms with Gasteiger partial charge in [0.2, 0.25) is 5.54 Å². The van der Waals surface area contributed by atoms with Crippen LogP contribution in [-0.2, 0) is 16.1 Å². The fourth-order valence-electron chi connectivity index (χ4n) is 4.43. The van der Waals surface area contributed by atoms with Gasteiger partial charge < -0.3 is 14.6 Å². The SMILES string of the molecule is CC1(C)CC(=O)C2=C(C1)N(Cc1ccco1)C(=O)C2(NC(=O)c1ccccc1F)C(F)(F)F. The van der Waals surface area contributed by atoms with Crippen LogP contribution in [0.25, 0.3) is 0 Å². The van der Waals surface area contributed by atoms with E-state index in [2.05, 4.69) is 0 Å². The number of alkyl halides is 3. The molecule has 33 heavy (non-hydrogen) atoms. The second-order valence-corrected chi connectivity index (χ2v) is 8.92. The van der Waals surface area contributed by atoms with Crippen molar-refractivity contribution in [2.24, 2.45) is 5.41 Å². The van der Waals surface area contributed by atoms with Crippen molar-refractivity contribution < 1.29 is 36.4 Å². The average Bonchev–Trinajstić information content (AvgIpc) is 3.28. The molecular formula is C23H20F4N2O4. The molecule has 2 aromatic rings. The number of allylic oxidation sites excluding steroid dienone is 1. The van der Waals surface area contributed by atoms with E-state index < -0.39 is 51.7 Å². The van der Waals surface area contributed by atoms with Crippen molar-refractivity contribution in [3.63, 3.8) is 0 Å². The zero-order valence-electron chi connectivity index (χ0n) is 17.8. The first kappa shape index (κ1) is 22.8. The van der Waals surface area contributed by atoms with Gasteiger partial charge in [0.05, 0.1) is 23.9 Å². The Labute approximate surface area is 186 Å². The fourth-order valence-corrected chi connectivity index (χ4v) is 4.43. The second kappa shape index (κ2) is 7.57. The fraction of sp³-hybridized carbons (Fsp3) is 0.348. The summed E-state index contributed by atoms with van der Waals surface area (Å²) < 4.78 is 63.3. The molecule has 174 valence electrons. The minimum atomic E-state index is -5.37. The molecule has 1 N–H and O–H groups in total. The van der Waals surface area contributed by atoms with E-state index in [0.717, 1.165) is 17.0 Å². The molecule has 0 saturated heterocycles. The molecule has 10 heteroatoms. The normalized spacial score (nSPS) is 22.5. The molecule has 2 aliphatic rings. The highest BCUT2D eigenvalue weighted by Crippen LogP contribution is 2.52. The maximum atomic E-state index is 14.7. The number of Topliss-reactive ketones (excluding diaryl/α,β-unsaturated/α-hetero) is 1. The number of furan rings is 1. The van der Waals surface area contributed by atoms with Crippen LogP contribution in [0, 0.1) is 11.2 Å². The lowest BCUT2D eigenvalue weighted by Gasteiger charge is -2.35. The predicted octanol–water partition coefficient (Wildman–Crippen LogP) is 4.14. The number of carbonyl (C=O) groups is 3. The molecule has 1 aromatic carbocycles. The Morgan fingerprint density at radius 2 is 1.82 bits per heavy atom. The molecule has 1 aliphatic carbocycles. The molecule has 1 aliphatic heterocycles. The van der Waals surface area contributed by atoms with Crippen molar-refractivity contribution in [3.8, 4) is 0 Å². The highest BCUT2D eigenvalue weighted by atomic mass is 19.4. The van der Waals surface area contributed by atoms with Crippen LogP contribution in [0.15, 0.2) is 58.3 Å². The van der Waals surface area contributed by atoms with Gasteiger partial charge in [0.25, 0.3) is 11.8 Å². The van der Waals surface area contributed by atoms with Gasteiger partial charge in [0.1, 0.15) is 11.6 Å². The summed E-state index contributed by atoms with van der Waals surface area (Å²) in [5.41, 5.74) is -5.97. The van der Waals surface area contributed by atoms with Gasteiger partial charge in [-0.1, -0.05) is 26.0 Å². The zero-order chi connectivity index (χ0) is 24.2. The van der Waals surface area contributed by atoms with Crippen LogP contribution in [0.4, 0.5) is 17.6 Å². The minimum absolute atomic E-state index is 0.00603. The summed E-state index contributed by atoms with van der Waals surface area (Å²) in [4.78, 5) is 40.1. The third-order valence-corrected chi connectivity index (χ3v) is 5.86. The van der Waals surface area contributed by atoms with Crippen molar-refractivity contribution in [3.05, 3.63) is 71.1 Å². The van der Waals surface area contributed by atoms with Crippen LogP contribution in [0.3, 0.4) is 0 Å². The molecule has 6 nitrogen and oxygen atoms in total. The van der Waals surface area contributed by atoms with E-state index in [1.165, 1.54) is 30.5 Å². The van der Waals surface area contributed by atoms with Gasteiger partial charge in [-0.2, -0.15) is 13.2 Å². The lowest BCUT2D eigenvalue weighted by molar-refractivity contribution is -0.191. The van der Waals surface area contributed by atoms with Gasteiger partial charge in [-0.25, -0.2) is 4.39 Å². The van der Waals surface area contributed by atoms with Crippen LogP contribution in [0.2, 0.25) is 0 Å². The Hall–Kier alpha value is -3.43. The molecule has 0 fully saturated rings. The summed E-state index contributed by atoms with van der Waals surface area (Å²) >= 11 is 0. The molecule has 1 unspecified atom stereocenters. The molecule has 2 amide bonds. The van der Waals surface area contributed by atoms with Crippen LogP contribution >= 0.6 is 0 Å². The molecule has 0 radical (unpaired) electrons. The third-order valence-electron chi connectivity index (χ3n) is 5.86. The van der Waals surface area contributed by atoms with Gasteiger partial charge in [0.15, 0.2) is 5.78 Å². The van der Waals surface area contributed by atoms with E-state index in [0.29, 0.717) is 0 Å². The lowest BCUT2D eigenvalue weighted by Crippen LogP contribution is -2.66. The first-order valence-electron chi connectivity index (χ1n) is 10.1. The van der Waals surface area contributed by atoms with Gasteiger partial charge in [-0.15, -0.1) is 0 Å². The number of hydrogen-bond donors (Lipinski definition) is 1. The third kappa shape index (κ3) is 3.63. The molecular weight excluding hydrogens is 444 g/mol. The van der Waals surface area contributed by atoms with Gasteiger partial charge >= 0.3 is 6.18 Å². The van der Waals surface area contributed by atoms with Crippen LogP contribution in [0.1, 0.15) is 42.8 Å². The number of halogens is 4. The Morgan fingerprint density at radius 1 is 1.12 bits per heavy atom.